The van der Waals surface area contributed by atoms with E-state index in [0.717, 1.165) is 35.7 Å². The fraction of sp³-hybridized carbons (Fsp3) is 0.450. The number of aryl methyl sites for hydroxylation is 1. The smallest absolute Gasteiger partial charge is 0.311 e. The lowest BCUT2D eigenvalue weighted by Crippen LogP contribution is -2.42. The number of rotatable bonds is 5. The van der Waals surface area contributed by atoms with Crippen molar-refractivity contribution in [3.63, 3.8) is 0 Å². The average molecular weight is 372 g/mol. The molecule has 2 aromatic rings. The molecule has 0 aliphatic carbocycles. The molecule has 1 aromatic carbocycles. The Morgan fingerprint density at radius 2 is 2.08 bits per heavy atom. The molecule has 6 heteroatoms. The molecule has 26 heavy (non-hydrogen) atoms. The molecule has 1 aliphatic rings. The molecule has 0 bridgehead atoms. The largest absolute Gasteiger partial charge is 0.459 e. The average Bonchev–Trinajstić information content (AvgIpc) is 3.15. The van der Waals surface area contributed by atoms with Crippen LogP contribution < -0.4 is 0 Å². The number of hydrogen-bond donors (Lipinski definition) is 0. The number of likely N-dealkylation sites (tertiary alicyclic amines) is 1. The summed E-state index contributed by atoms with van der Waals surface area (Å²) >= 11 is 1.55. The molecular weight excluding hydrogens is 348 g/mol. The molecule has 1 atom stereocenters. The Bertz CT molecular complexity index is 770. The Morgan fingerprint density at radius 1 is 1.31 bits per heavy atom. The third-order valence-corrected chi connectivity index (χ3v) is 5.56. The van der Waals surface area contributed by atoms with E-state index in [2.05, 4.69) is 24.0 Å². The predicted octanol–water partition coefficient (Wildman–Crippen LogP) is 3.81. The second-order valence-corrected chi connectivity index (χ2v) is 7.51. The van der Waals surface area contributed by atoms with Crippen LogP contribution in [0.3, 0.4) is 0 Å². The van der Waals surface area contributed by atoms with Gasteiger partial charge in [0.25, 0.3) is 0 Å². The summed E-state index contributed by atoms with van der Waals surface area (Å²) in [5.41, 5.74) is 3.04. The van der Waals surface area contributed by atoms with E-state index in [1.165, 1.54) is 5.56 Å². The Labute approximate surface area is 158 Å². The van der Waals surface area contributed by atoms with Crippen molar-refractivity contribution < 1.29 is 14.3 Å². The lowest BCUT2D eigenvalue weighted by atomic mass is 9.98. The fourth-order valence-corrected chi connectivity index (χ4v) is 3.90. The van der Waals surface area contributed by atoms with E-state index in [-0.39, 0.29) is 24.4 Å². The van der Waals surface area contributed by atoms with Gasteiger partial charge in [-0.3, -0.25) is 9.59 Å². The molecule has 1 amide bonds. The van der Waals surface area contributed by atoms with Crippen molar-refractivity contribution in [1.82, 2.24) is 9.88 Å². The minimum atomic E-state index is -0.233. The minimum Gasteiger partial charge on any atom is -0.459 e. The summed E-state index contributed by atoms with van der Waals surface area (Å²) in [7, 11) is 0. The van der Waals surface area contributed by atoms with E-state index in [0.29, 0.717) is 13.0 Å². The maximum absolute atomic E-state index is 12.4. The zero-order valence-electron chi connectivity index (χ0n) is 15.2. The molecule has 1 saturated heterocycles. The van der Waals surface area contributed by atoms with Gasteiger partial charge in [-0.2, -0.15) is 0 Å². The molecule has 1 aliphatic heterocycles. The number of hydrogen-bond acceptors (Lipinski definition) is 5. The molecule has 2 heterocycles. The number of piperidine rings is 1. The first kappa shape index (κ1) is 18.6. The molecule has 1 unspecified atom stereocenters. The van der Waals surface area contributed by atoms with Crippen LogP contribution >= 0.6 is 11.3 Å². The van der Waals surface area contributed by atoms with Gasteiger partial charge in [-0.25, -0.2) is 4.98 Å². The summed E-state index contributed by atoms with van der Waals surface area (Å²) in [4.78, 5) is 30.5. The van der Waals surface area contributed by atoms with Gasteiger partial charge >= 0.3 is 5.97 Å². The maximum Gasteiger partial charge on any atom is 0.311 e. The molecule has 1 aromatic heterocycles. The van der Waals surface area contributed by atoms with Crippen LogP contribution in [0.15, 0.2) is 29.6 Å². The van der Waals surface area contributed by atoms with E-state index in [1.54, 1.807) is 16.2 Å². The lowest BCUT2D eigenvalue weighted by Gasteiger charge is -2.31. The molecule has 138 valence electrons. The summed E-state index contributed by atoms with van der Waals surface area (Å²) in [6.45, 7) is 5.29. The van der Waals surface area contributed by atoms with E-state index in [1.807, 2.05) is 24.4 Å². The highest BCUT2D eigenvalue weighted by atomic mass is 32.1. The lowest BCUT2D eigenvalue weighted by molar-refractivity contribution is -0.153. The van der Waals surface area contributed by atoms with Gasteiger partial charge in [0.1, 0.15) is 11.6 Å². The van der Waals surface area contributed by atoms with Gasteiger partial charge in [-0.05, 0) is 19.8 Å². The summed E-state index contributed by atoms with van der Waals surface area (Å²) in [5, 5.41) is 2.85. The number of esters is 1. The van der Waals surface area contributed by atoms with Gasteiger partial charge in [0, 0.05) is 30.5 Å². The van der Waals surface area contributed by atoms with Crippen LogP contribution in [0.2, 0.25) is 0 Å². The summed E-state index contributed by atoms with van der Waals surface area (Å²) in [6.07, 6.45) is 2.10. The molecule has 0 saturated carbocycles. The van der Waals surface area contributed by atoms with Gasteiger partial charge in [-0.1, -0.05) is 36.8 Å². The zero-order valence-corrected chi connectivity index (χ0v) is 16.1. The number of benzene rings is 1. The van der Waals surface area contributed by atoms with Gasteiger partial charge in [0.05, 0.1) is 11.6 Å². The topological polar surface area (TPSA) is 59.5 Å². The standard InChI is InChI=1S/C20H24N2O3S/c1-3-18(23)22-10-4-5-16(11-22)20(24)25-12-17-13-26-19(21-17)15-8-6-14(2)7-9-15/h6-9,13,16H,3-5,10-12H2,1-2H3. The number of carbonyl (C=O) groups excluding carboxylic acids is 2. The number of thiazole rings is 1. The van der Waals surface area contributed by atoms with Gasteiger partial charge in [-0.15, -0.1) is 11.3 Å². The first-order valence-electron chi connectivity index (χ1n) is 9.02. The Hall–Kier alpha value is -2.21. The predicted molar refractivity (Wildman–Crippen MR) is 102 cm³/mol. The molecule has 5 nitrogen and oxygen atoms in total. The van der Waals surface area contributed by atoms with Crippen molar-refractivity contribution in [2.45, 2.75) is 39.7 Å². The van der Waals surface area contributed by atoms with Crippen molar-refractivity contribution in [3.05, 3.63) is 40.9 Å². The van der Waals surface area contributed by atoms with Crippen LogP contribution in [-0.4, -0.2) is 34.8 Å². The number of ether oxygens (including phenoxy) is 1. The molecule has 3 rings (SSSR count). The molecule has 0 N–H and O–H groups in total. The Kier molecular flexibility index (Phi) is 6.04. The molecule has 1 fully saturated rings. The second-order valence-electron chi connectivity index (χ2n) is 6.65. The van der Waals surface area contributed by atoms with Crippen molar-refractivity contribution in [3.8, 4) is 10.6 Å². The molecule has 0 spiro atoms. The fourth-order valence-electron chi connectivity index (χ4n) is 3.08. The van der Waals surface area contributed by atoms with Crippen molar-refractivity contribution >= 4 is 23.2 Å². The highest BCUT2D eigenvalue weighted by Crippen LogP contribution is 2.25. The van der Waals surface area contributed by atoms with Crippen molar-refractivity contribution in [2.75, 3.05) is 13.1 Å². The van der Waals surface area contributed by atoms with E-state index in [4.69, 9.17) is 4.74 Å². The zero-order chi connectivity index (χ0) is 18.5. The van der Waals surface area contributed by atoms with Crippen molar-refractivity contribution in [2.24, 2.45) is 5.92 Å². The van der Waals surface area contributed by atoms with Crippen molar-refractivity contribution in [1.29, 1.82) is 0 Å². The van der Waals surface area contributed by atoms with Crippen LogP contribution in [0.5, 0.6) is 0 Å². The van der Waals surface area contributed by atoms with Gasteiger partial charge in [0.15, 0.2) is 0 Å². The third kappa shape index (κ3) is 4.49. The van der Waals surface area contributed by atoms with Crippen LogP contribution in [-0.2, 0) is 20.9 Å². The summed E-state index contributed by atoms with van der Waals surface area (Å²) < 4.78 is 5.46. The highest BCUT2D eigenvalue weighted by Gasteiger charge is 2.29. The number of amides is 1. The van der Waals surface area contributed by atoms with Crippen LogP contribution in [0.1, 0.15) is 37.4 Å². The third-order valence-electron chi connectivity index (χ3n) is 4.62. The molecular formula is C20H24N2O3S. The monoisotopic (exact) mass is 372 g/mol. The SMILES string of the molecule is CCC(=O)N1CCCC(C(=O)OCc2csc(-c3ccc(C)cc3)n2)C1. The Balaban J connectivity index is 1.55. The maximum atomic E-state index is 12.4. The molecule has 0 radical (unpaired) electrons. The van der Waals surface area contributed by atoms with Crippen LogP contribution in [0.25, 0.3) is 10.6 Å². The minimum absolute atomic E-state index is 0.102. The number of carbonyl (C=O) groups is 2. The van der Waals surface area contributed by atoms with E-state index in [9.17, 15) is 9.59 Å². The highest BCUT2D eigenvalue weighted by molar-refractivity contribution is 7.13. The summed E-state index contributed by atoms with van der Waals surface area (Å²) in [5.74, 6) is -0.359. The number of nitrogens with zero attached hydrogens (tertiary/aromatic N) is 2. The Morgan fingerprint density at radius 3 is 2.81 bits per heavy atom. The summed E-state index contributed by atoms with van der Waals surface area (Å²) in [6, 6.07) is 8.21. The first-order chi connectivity index (χ1) is 12.6. The van der Waals surface area contributed by atoms with E-state index < -0.39 is 0 Å². The van der Waals surface area contributed by atoms with Gasteiger partial charge < -0.3 is 9.64 Å². The van der Waals surface area contributed by atoms with Crippen LogP contribution in [0, 0.1) is 12.8 Å². The number of aromatic nitrogens is 1. The first-order valence-corrected chi connectivity index (χ1v) is 9.90. The second kappa shape index (κ2) is 8.45. The van der Waals surface area contributed by atoms with Crippen LogP contribution in [0.4, 0.5) is 0 Å². The van der Waals surface area contributed by atoms with Gasteiger partial charge in [0.2, 0.25) is 5.91 Å². The van der Waals surface area contributed by atoms with E-state index >= 15 is 0 Å². The quantitative estimate of drug-likeness (QED) is 0.749. The normalized spacial score (nSPS) is 17.2.